The number of carbonyl (C=O) groups excluding carboxylic acids is 2. The number of benzene rings is 2. The van der Waals surface area contributed by atoms with Crippen LogP contribution in [0.3, 0.4) is 0 Å². The van der Waals surface area contributed by atoms with Gasteiger partial charge in [-0.3, -0.25) is 14.5 Å². The molecule has 1 aliphatic carbocycles. The highest BCUT2D eigenvalue weighted by atomic mass is 16.2. The highest BCUT2D eigenvalue weighted by Gasteiger charge is 2.21. The number of hydrogen-bond donors (Lipinski definition) is 2. The number of nitrogens with one attached hydrogen (secondary N) is 2. The molecular formula is C26H34N4O2. The molecule has 2 amide bonds. The minimum atomic E-state index is -0.175. The average Bonchev–Trinajstić information content (AvgIpc) is 2.82. The lowest BCUT2D eigenvalue weighted by Crippen LogP contribution is -2.43. The van der Waals surface area contributed by atoms with Gasteiger partial charge in [0.25, 0.3) is 5.91 Å². The quantitative estimate of drug-likeness (QED) is 0.715. The molecule has 1 saturated carbocycles. The first-order chi connectivity index (χ1) is 15.6. The summed E-state index contributed by atoms with van der Waals surface area (Å²) in [6, 6.07) is 15.2. The van der Waals surface area contributed by atoms with Crippen molar-refractivity contribution >= 4 is 23.2 Å². The molecule has 32 heavy (non-hydrogen) atoms. The predicted octanol–water partition coefficient (Wildman–Crippen LogP) is 4.21. The zero-order chi connectivity index (χ0) is 22.3. The summed E-state index contributed by atoms with van der Waals surface area (Å²) in [6.45, 7) is 5.32. The number of hydrogen-bond acceptors (Lipinski definition) is 4. The summed E-state index contributed by atoms with van der Waals surface area (Å²) in [5.41, 5.74) is 3.23. The molecule has 0 bridgehead atoms. The second-order valence-corrected chi connectivity index (χ2v) is 9.14. The van der Waals surface area contributed by atoms with Gasteiger partial charge in [0.05, 0.1) is 0 Å². The topological polar surface area (TPSA) is 64.7 Å². The van der Waals surface area contributed by atoms with Crippen molar-refractivity contribution in [1.29, 1.82) is 0 Å². The summed E-state index contributed by atoms with van der Waals surface area (Å²) in [6.07, 6.45) is 5.37. The molecular weight excluding hydrogens is 400 g/mol. The normalized spacial score (nSPS) is 18.3. The van der Waals surface area contributed by atoms with E-state index in [9.17, 15) is 9.59 Å². The van der Waals surface area contributed by atoms with Crippen molar-refractivity contribution in [2.24, 2.45) is 5.92 Å². The third-order valence-electron chi connectivity index (χ3n) is 6.58. The molecule has 0 atom stereocenters. The Bertz CT molecular complexity index is 914. The zero-order valence-electron chi connectivity index (χ0n) is 19.0. The number of anilines is 2. The van der Waals surface area contributed by atoms with Gasteiger partial charge in [-0.1, -0.05) is 37.5 Å². The van der Waals surface area contributed by atoms with Gasteiger partial charge in [0.15, 0.2) is 0 Å². The molecule has 4 rings (SSSR count). The maximum absolute atomic E-state index is 12.7. The van der Waals surface area contributed by atoms with Crippen LogP contribution in [0.4, 0.5) is 11.4 Å². The summed E-state index contributed by atoms with van der Waals surface area (Å²) in [5, 5.41) is 5.96. The smallest absolute Gasteiger partial charge is 0.255 e. The summed E-state index contributed by atoms with van der Waals surface area (Å²) in [7, 11) is 2.16. The molecule has 2 aromatic rings. The molecule has 2 aromatic carbocycles. The zero-order valence-corrected chi connectivity index (χ0v) is 19.0. The van der Waals surface area contributed by atoms with Crippen LogP contribution in [0, 0.1) is 5.92 Å². The van der Waals surface area contributed by atoms with E-state index in [2.05, 4.69) is 39.6 Å². The Kier molecular flexibility index (Phi) is 7.55. The van der Waals surface area contributed by atoms with Crippen LogP contribution in [-0.2, 0) is 11.3 Å². The largest absolute Gasteiger partial charge is 0.326 e. The molecule has 0 aromatic heterocycles. The van der Waals surface area contributed by atoms with E-state index in [1.807, 2.05) is 24.3 Å². The molecule has 2 fully saturated rings. The van der Waals surface area contributed by atoms with Gasteiger partial charge < -0.3 is 15.5 Å². The van der Waals surface area contributed by atoms with Crippen LogP contribution in [0.1, 0.15) is 48.0 Å². The number of likely N-dealkylation sites (N-methyl/N-ethyl adjacent to an activating group) is 1. The molecule has 1 heterocycles. The van der Waals surface area contributed by atoms with Crippen molar-refractivity contribution in [1.82, 2.24) is 9.80 Å². The first-order valence-corrected chi connectivity index (χ1v) is 11.8. The average molecular weight is 435 g/mol. The molecule has 0 radical (unpaired) electrons. The molecule has 0 unspecified atom stereocenters. The monoisotopic (exact) mass is 434 g/mol. The molecule has 6 heteroatoms. The third kappa shape index (κ3) is 6.17. The lowest BCUT2D eigenvalue weighted by atomic mass is 9.88. The van der Waals surface area contributed by atoms with Gasteiger partial charge >= 0.3 is 0 Å². The molecule has 1 aliphatic heterocycles. The van der Waals surface area contributed by atoms with Gasteiger partial charge in [-0.05, 0) is 55.8 Å². The molecule has 170 valence electrons. The van der Waals surface area contributed by atoms with Gasteiger partial charge in [0.1, 0.15) is 0 Å². The Morgan fingerprint density at radius 2 is 1.59 bits per heavy atom. The minimum absolute atomic E-state index is 0.0678. The Hall–Kier alpha value is -2.70. The van der Waals surface area contributed by atoms with Crippen molar-refractivity contribution in [2.75, 3.05) is 43.9 Å². The molecule has 6 nitrogen and oxygen atoms in total. The predicted molar refractivity (Wildman–Crippen MR) is 129 cm³/mol. The lowest BCUT2D eigenvalue weighted by Gasteiger charge is -2.32. The van der Waals surface area contributed by atoms with E-state index in [1.54, 1.807) is 12.1 Å². The summed E-state index contributed by atoms with van der Waals surface area (Å²) in [5.74, 6) is -0.0191. The van der Waals surface area contributed by atoms with Gasteiger partial charge in [0.2, 0.25) is 5.91 Å². The summed E-state index contributed by atoms with van der Waals surface area (Å²) >= 11 is 0. The van der Waals surface area contributed by atoms with Crippen LogP contribution in [0.5, 0.6) is 0 Å². The van der Waals surface area contributed by atoms with E-state index >= 15 is 0 Å². The third-order valence-corrected chi connectivity index (χ3v) is 6.58. The summed E-state index contributed by atoms with van der Waals surface area (Å²) in [4.78, 5) is 30.1. The highest BCUT2D eigenvalue weighted by Crippen LogP contribution is 2.25. The van der Waals surface area contributed by atoms with E-state index in [1.165, 1.54) is 12.0 Å². The Morgan fingerprint density at radius 1 is 0.875 bits per heavy atom. The Morgan fingerprint density at radius 3 is 2.31 bits per heavy atom. The number of rotatable bonds is 6. The van der Waals surface area contributed by atoms with Gasteiger partial charge in [-0.15, -0.1) is 0 Å². The second-order valence-electron chi connectivity index (χ2n) is 9.14. The number of amides is 2. The first-order valence-electron chi connectivity index (χ1n) is 11.8. The van der Waals surface area contributed by atoms with E-state index < -0.39 is 0 Å². The lowest BCUT2D eigenvalue weighted by molar-refractivity contribution is -0.120. The van der Waals surface area contributed by atoms with Crippen LogP contribution >= 0.6 is 0 Å². The second kappa shape index (κ2) is 10.7. The first kappa shape index (κ1) is 22.5. The van der Waals surface area contributed by atoms with Crippen LogP contribution in [0.2, 0.25) is 0 Å². The minimum Gasteiger partial charge on any atom is -0.326 e. The van der Waals surface area contributed by atoms with Gasteiger partial charge in [-0.25, -0.2) is 0 Å². The van der Waals surface area contributed by atoms with Crippen molar-refractivity contribution < 1.29 is 9.59 Å². The highest BCUT2D eigenvalue weighted by molar-refractivity contribution is 6.05. The molecule has 2 N–H and O–H groups in total. The summed E-state index contributed by atoms with van der Waals surface area (Å²) < 4.78 is 0. The van der Waals surface area contributed by atoms with E-state index in [-0.39, 0.29) is 17.7 Å². The Labute approximate surface area is 191 Å². The fraction of sp³-hybridized carbons (Fsp3) is 0.462. The van der Waals surface area contributed by atoms with Crippen LogP contribution < -0.4 is 10.6 Å². The van der Waals surface area contributed by atoms with E-state index in [0.29, 0.717) is 11.3 Å². The number of piperazine rings is 1. The SMILES string of the molecule is CN1CCN(Cc2ccc(NC(=O)c3cccc(NC(=O)C4CCCCC4)c3)cc2)CC1. The fourth-order valence-electron chi connectivity index (χ4n) is 4.51. The van der Waals surface area contributed by atoms with Gasteiger partial charge in [0, 0.05) is 55.6 Å². The van der Waals surface area contributed by atoms with Crippen molar-refractivity contribution in [3.05, 3.63) is 59.7 Å². The van der Waals surface area contributed by atoms with Crippen molar-refractivity contribution in [3.8, 4) is 0 Å². The molecule has 1 saturated heterocycles. The van der Waals surface area contributed by atoms with Gasteiger partial charge in [-0.2, -0.15) is 0 Å². The van der Waals surface area contributed by atoms with Crippen LogP contribution in [0.15, 0.2) is 48.5 Å². The maximum atomic E-state index is 12.7. The molecule has 0 spiro atoms. The van der Waals surface area contributed by atoms with E-state index in [0.717, 1.165) is 64.1 Å². The fourth-order valence-corrected chi connectivity index (χ4v) is 4.51. The maximum Gasteiger partial charge on any atom is 0.255 e. The standard InChI is InChI=1S/C26H34N4O2/c1-29-14-16-30(17-15-29)19-20-10-12-23(13-11-20)27-26(32)22-8-5-9-24(18-22)28-25(31)21-6-3-2-4-7-21/h5,8-13,18,21H,2-4,6-7,14-17,19H2,1H3,(H,27,32)(H,28,31). The van der Waals surface area contributed by atoms with Crippen LogP contribution in [-0.4, -0.2) is 54.8 Å². The molecule has 2 aliphatic rings. The number of nitrogens with zero attached hydrogens (tertiary/aromatic N) is 2. The van der Waals surface area contributed by atoms with Crippen LogP contribution in [0.25, 0.3) is 0 Å². The van der Waals surface area contributed by atoms with Crippen molar-refractivity contribution in [2.45, 2.75) is 38.6 Å². The van der Waals surface area contributed by atoms with E-state index in [4.69, 9.17) is 0 Å². The van der Waals surface area contributed by atoms with Crippen molar-refractivity contribution in [3.63, 3.8) is 0 Å². The number of carbonyl (C=O) groups is 2. The Balaban J connectivity index is 1.31.